The average Bonchev–Trinajstić information content (AvgIpc) is 2.96. The van der Waals surface area contributed by atoms with E-state index in [1.165, 1.54) is 5.56 Å². The van der Waals surface area contributed by atoms with E-state index >= 15 is 0 Å². The molecule has 1 aliphatic heterocycles. The maximum absolute atomic E-state index is 12.4. The fourth-order valence-electron chi connectivity index (χ4n) is 3.36. The number of hydrogen-bond donors (Lipinski definition) is 2. The van der Waals surface area contributed by atoms with E-state index in [1.807, 2.05) is 0 Å². The van der Waals surface area contributed by atoms with Gasteiger partial charge >= 0.3 is 0 Å². The molecule has 3 rings (SSSR count). The molecular weight excluding hydrogens is 356 g/mol. The maximum atomic E-state index is 12.4. The Morgan fingerprint density at radius 2 is 1.54 bits per heavy atom. The SMILES string of the molecule is CNOCCCc1ccc(CC[C@@H](O)CN2C(=O)c3ccccc3C2=O)cc1. The largest absolute Gasteiger partial charge is 0.391 e. The number of carbonyl (C=O) groups is 2. The number of amides is 2. The highest BCUT2D eigenvalue weighted by Gasteiger charge is 2.35. The number of nitrogens with one attached hydrogen (secondary N) is 1. The van der Waals surface area contributed by atoms with Crippen molar-refractivity contribution in [1.82, 2.24) is 10.4 Å². The summed E-state index contributed by atoms with van der Waals surface area (Å²) in [5, 5.41) is 10.3. The van der Waals surface area contributed by atoms with Gasteiger partial charge in [-0.3, -0.25) is 14.5 Å². The van der Waals surface area contributed by atoms with Gasteiger partial charge in [-0.25, -0.2) is 5.48 Å². The van der Waals surface area contributed by atoms with E-state index < -0.39 is 6.10 Å². The number of fused-ring (bicyclic) bond motifs is 1. The Morgan fingerprint density at radius 3 is 2.11 bits per heavy atom. The number of carbonyl (C=O) groups excluding carboxylic acids is 2. The van der Waals surface area contributed by atoms with E-state index in [0.29, 0.717) is 30.6 Å². The first-order valence-corrected chi connectivity index (χ1v) is 9.60. The third kappa shape index (κ3) is 4.84. The number of aliphatic hydroxyl groups is 1. The van der Waals surface area contributed by atoms with Crippen molar-refractivity contribution >= 4 is 11.8 Å². The lowest BCUT2D eigenvalue weighted by Gasteiger charge is -2.18. The fraction of sp³-hybridized carbons (Fsp3) is 0.364. The summed E-state index contributed by atoms with van der Waals surface area (Å²) in [6.45, 7) is 0.693. The topological polar surface area (TPSA) is 78.9 Å². The number of imide groups is 1. The standard InChI is InChI=1S/C22H26N2O4/c1-23-28-14-4-5-16-8-10-17(11-9-16)12-13-18(25)15-24-21(26)19-6-2-3-7-20(19)22(24)27/h2-3,6-11,18,23,25H,4-5,12-15H2,1H3/t18-/m1/s1. The highest BCUT2D eigenvalue weighted by atomic mass is 16.6. The molecule has 2 aromatic carbocycles. The number of β-amino-alcohol motifs (C(OH)–C–C–N with tert-alkyl or cyclic N) is 1. The fourth-order valence-corrected chi connectivity index (χ4v) is 3.36. The summed E-state index contributed by atoms with van der Waals surface area (Å²) < 4.78 is 0. The molecule has 2 N–H and O–H groups in total. The van der Waals surface area contributed by atoms with Crippen LogP contribution in [0.15, 0.2) is 48.5 Å². The van der Waals surface area contributed by atoms with Gasteiger partial charge in [0, 0.05) is 7.05 Å². The van der Waals surface area contributed by atoms with E-state index in [-0.39, 0.29) is 18.4 Å². The lowest BCUT2D eigenvalue weighted by atomic mass is 10.0. The van der Waals surface area contributed by atoms with Gasteiger partial charge in [0.05, 0.1) is 30.4 Å². The number of aliphatic hydroxyl groups excluding tert-OH is 1. The minimum atomic E-state index is -0.749. The number of hydrogen-bond acceptors (Lipinski definition) is 5. The van der Waals surface area contributed by atoms with Gasteiger partial charge in [-0.2, -0.15) is 0 Å². The van der Waals surface area contributed by atoms with Gasteiger partial charge < -0.3 is 9.94 Å². The van der Waals surface area contributed by atoms with E-state index in [1.54, 1.807) is 31.3 Å². The molecule has 2 aromatic rings. The first-order valence-electron chi connectivity index (χ1n) is 9.60. The van der Waals surface area contributed by atoms with Crippen LogP contribution in [0.25, 0.3) is 0 Å². The number of rotatable bonds is 10. The molecule has 0 fully saturated rings. The second-order valence-electron chi connectivity index (χ2n) is 6.93. The zero-order chi connectivity index (χ0) is 19.9. The Kier molecular flexibility index (Phi) is 6.92. The summed E-state index contributed by atoms with van der Waals surface area (Å²) in [4.78, 5) is 31.0. The lowest BCUT2D eigenvalue weighted by molar-refractivity contribution is 0.0534. The van der Waals surface area contributed by atoms with E-state index in [2.05, 4.69) is 29.7 Å². The minimum Gasteiger partial charge on any atom is -0.391 e. The Morgan fingerprint density at radius 1 is 0.964 bits per heavy atom. The van der Waals surface area contributed by atoms with Gasteiger partial charge in [-0.1, -0.05) is 36.4 Å². The van der Waals surface area contributed by atoms with Crippen molar-refractivity contribution in [3.63, 3.8) is 0 Å². The second kappa shape index (κ2) is 9.59. The van der Waals surface area contributed by atoms with E-state index in [0.717, 1.165) is 23.3 Å². The Bertz CT molecular complexity index is 785. The highest BCUT2D eigenvalue weighted by Crippen LogP contribution is 2.23. The first kappa shape index (κ1) is 20.2. The monoisotopic (exact) mass is 382 g/mol. The molecule has 0 aromatic heterocycles. The van der Waals surface area contributed by atoms with Crippen LogP contribution in [-0.4, -0.2) is 48.1 Å². The molecule has 1 atom stereocenters. The van der Waals surface area contributed by atoms with Gasteiger partial charge in [0.1, 0.15) is 0 Å². The molecule has 0 bridgehead atoms. The summed E-state index contributed by atoms with van der Waals surface area (Å²) in [6, 6.07) is 15.1. The third-order valence-electron chi connectivity index (χ3n) is 4.92. The summed E-state index contributed by atoms with van der Waals surface area (Å²) >= 11 is 0. The van der Waals surface area contributed by atoms with Crippen LogP contribution in [-0.2, 0) is 17.7 Å². The average molecular weight is 382 g/mol. The zero-order valence-corrected chi connectivity index (χ0v) is 16.1. The van der Waals surface area contributed by atoms with E-state index in [9.17, 15) is 14.7 Å². The van der Waals surface area contributed by atoms with Crippen LogP contribution < -0.4 is 5.48 Å². The summed E-state index contributed by atoms with van der Waals surface area (Å²) in [5.74, 6) is -0.655. The van der Waals surface area contributed by atoms with E-state index in [4.69, 9.17) is 4.84 Å². The molecule has 0 radical (unpaired) electrons. The predicted octanol–water partition coefficient (Wildman–Crippen LogP) is 2.36. The van der Waals surface area contributed by atoms with Crippen molar-refractivity contribution in [3.05, 3.63) is 70.8 Å². The molecule has 1 aliphatic rings. The van der Waals surface area contributed by atoms with Crippen LogP contribution in [0.1, 0.15) is 44.7 Å². The Hall–Kier alpha value is -2.54. The molecule has 1 heterocycles. The molecule has 6 heteroatoms. The Balaban J connectivity index is 1.46. The highest BCUT2D eigenvalue weighted by molar-refractivity contribution is 6.21. The van der Waals surface area contributed by atoms with Crippen LogP contribution in [0.2, 0.25) is 0 Å². The molecule has 0 saturated heterocycles. The van der Waals surface area contributed by atoms with Crippen molar-refractivity contribution in [2.24, 2.45) is 0 Å². The quantitative estimate of drug-likeness (QED) is 0.375. The molecule has 148 valence electrons. The molecule has 0 aliphatic carbocycles. The lowest BCUT2D eigenvalue weighted by Crippen LogP contribution is -2.37. The smallest absolute Gasteiger partial charge is 0.261 e. The normalized spacial score (nSPS) is 14.4. The summed E-state index contributed by atoms with van der Waals surface area (Å²) in [7, 11) is 1.75. The molecular formula is C22H26N2O4. The van der Waals surface area contributed by atoms with Crippen LogP contribution >= 0.6 is 0 Å². The van der Waals surface area contributed by atoms with Crippen LogP contribution in [0, 0.1) is 0 Å². The van der Waals surface area contributed by atoms with Crippen molar-refractivity contribution < 1.29 is 19.5 Å². The van der Waals surface area contributed by atoms with Crippen molar-refractivity contribution in [3.8, 4) is 0 Å². The molecule has 6 nitrogen and oxygen atoms in total. The molecule has 0 saturated carbocycles. The first-order chi connectivity index (χ1) is 13.6. The van der Waals surface area contributed by atoms with Gasteiger partial charge in [0.15, 0.2) is 0 Å². The predicted molar refractivity (Wildman–Crippen MR) is 106 cm³/mol. The molecule has 28 heavy (non-hydrogen) atoms. The maximum Gasteiger partial charge on any atom is 0.261 e. The number of nitrogens with zero attached hydrogens (tertiary/aromatic N) is 1. The number of hydroxylamine groups is 1. The van der Waals surface area contributed by atoms with Crippen molar-refractivity contribution in [1.29, 1.82) is 0 Å². The van der Waals surface area contributed by atoms with Gasteiger partial charge in [-0.15, -0.1) is 0 Å². The van der Waals surface area contributed by atoms with Gasteiger partial charge in [0.25, 0.3) is 11.8 Å². The zero-order valence-electron chi connectivity index (χ0n) is 16.1. The molecule has 0 unspecified atom stereocenters. The van der Waals surface area contributed by atoms with Gasteiger partial charge in [-0.05, 0) is 48.9 Å². The molecule has 0 spiro atoms. The minimum absolute atomic E-state index is 0.0237. The summed E-state index contributed by atoms with van der Waals surface area (Å²) in [5.41, 5.74) is 5.85. The molecule has 2 amide bonds. The third-order valence-corrected chi connectivity index (χ3v) is 4.92. The summed E-state index contributed by atoms with van der Waals surface area (Å²) in [6.07, 6.45) is 2.32. The van der Waals surface area contributed by atoms with Crippen LogP contribution in [0.4, 0.5) is 0 Å². The number of benzene rings is 2. The van der Waals surface area contributed by atoms with Gasteiger partial charge in [0.2, 0.25) is 0 Å². The van der Waals surface area contributed by atoms with Crippen molar-refractivity contribution in [2.75, 3.05) is 20.2 Å². The Labute approximate surface area is 165 Å². The van der Waals surface area contributed by atoms with Crippen LogP contribution in [0.3, 0.4) is 0 Å². The second-order valence-corrected chi connectivity index (χ2v) is 6.93. The number of aryl methyl sites for hydroxylation is 2. The van der Waals surface area contributed by atoms with Crippen molar-refractivity contribution in [2.45, 2.75) is 31.8 Å². The van der Waals surface area contributed by atoms with Crippen LogP contribution in [0.5, 0.6) is 0 Å².